The molecule has 0 radical (unpaired) electrons. The van der Waals surface area contributed by atoms with Gasteiger partial charge in [0, 0.05) is 6.61 Å². The van der Waals surface area contributed by atoms with Gasteiger partial charge in [0.15, 0.2) is 0 Å². The monoisotopic (exact) mass is 263 g/mol. The molecule has 0 heterocycles. The Labute approximate surface area is 116 Å². The number of fused-ring (bicyclic) bond motifs is 1. The standard InChI is InChI=1S/C16H25NO2/c1-11(2)8-9-19-15-7-5-12-4-6-13(18-3)10-14(12)16(15)17/h4,6,10-11,15-16H,5,7-9,17H2,1-3H3. The number of methoxy groups -OCH3 is 1. The van der Waals surface area contributed by atoms with Gasteiger partial charge in [0.1, 0.15) is 5.75 Å². The predicted octanol–water partition coefficient (Wildman–Crippen LogP) is 3.07. The lowest BCUT2D eigenvalue weighted by Crippen LogP contribution is -2.34. The Kier molecular flexibility index (Phi) is 4.83. The second-order valence-corrected chi connectivity index (χ2v) is 5.72. The van der Waals surface area contributed by atoms with E-state index >= 15 is 0 Å². The molecular weight excluding hydrogens is 238 g/mol. The van der Waals surface area contributed by atoms with Crippen LogP contribution in [0.25, 0.3) is 0 Å². The van der Waals surface area contributed by atoms with E-state index in [4.69, 9.17) is 15.2 Å². The Bertz CT molecular complexity index is 417. The van der Waals surface area contributed by atoms with Gasteiger partial charge >= 0.3 is 0 Å². The van der Waals surface area contributed by atoms with Crippen molar-refractivity contribution in [3.05, 3.63) is 29.3 Å². The van der Waals surface area contributed by atoms with Crippen molar-refractivity contribution in [1.29, 1.82) is 0 Å². The van der Waals surface area contributed by atoms with Gasteiger partial charge in [-0.25, -0.2) is 0 Å². The second kappa shape index (κ2) is 6.40. The minimum absolute atomic E-state index is 0.0361. The van der Waals surface area contributed by atoms with Crippen molar-refractivity contribution in [2.24, 2.45) is 11.7 Å². The second-order valence-electron chi connectivity index (χ2n) is 5.72. The van der Waals surface area contributed by atoms with Crippen LogP contribution in [0.4, 0.5) is 0 Å². The normalized spacial score (nSPS) is 22.4. The zero-order chi connectivity index (χ0) is 13.8. The molecule has 0 bridgehead atoms. The van der Waals surface area contributed by atoms with Gasteiger partial charge in [-0.1, -0.05) is 19.9 Å². The minimum Gasteiger partial charge on any atom is -0.497 e. The Morgan fingerprint density at radius 2 is 2.16 bits per heavy atom. The van der Waals surface area contributed by atoms with Crippen LogP contribution in [0.5, 0.6) is 5.75 Å². The number of aryl methyl sites for hydroxylation is 1. The van der Waals surface area contributed by atoms with E-state index in [0.717, 1.165) is 31.6 Å². The Morgan fingerprint density at radius 3 is 2.84 bits per heavy atom. The molecule has 0 spiro atoms. The summed E-state index contributed by atoms with van der Waals surface area (Å²) in [6, 6.07) is 6.15. The molecule has 0 saturated heterocycles. The summed E-state index contributed by atoms with van der Waals surface area (Å²) in [6.07, 6.45) is 3.28. The van der Waals surface area contributed by atoms with Crippen molar-refractivity contribution < 1.29 is 9.47 Å². The van der Waals surface area contributed by atoms with Gasteiger partial charge in [-0.15, -0.1) is 0 Å². The van der Waals surface area contributed by atoms with E-state index in [1.54, 1.807) is 7.11 Å². The molecule has 3 nitrogen and oxygen atoms in total. The fraction of sp³-hybridized carbons (Fsp3) is 0.625. The average molecular weight is 263 g/mol. The van der Waals surface area contributed by atoms with E-state index in [9.17, 15) is 0 Å². The maximum absolute atomic E-state index is 6.35. The largest absolute Gasteiger partial charge is 0.497 e. The first-order valence-corrected chi connectivity index (χ1v) is 7.15. The minimum atomic E-state index is -0.0361. The fourth-order valence-corrected chi connectivity index (χ4v) is 2.56. The van der Waals surface area contributed by atoms with E-state index < -0.39 is 0 Å². The molecule has 3 heteroatoms. The van der Waals surface area contributed by atoms with E-state index in [2.05, 4.69) is 26.0 Å². The molecule has 2 rings (SSSR count). The molecule has 0 fully saturated rings. The summed E-state index contributed by atoms with van der Waals surface area (Å²) < 4.78 is 11.3. The third kappa shape index (κ3) is 3.48. The van der Waals surface area contributed by atoms with Crippen LogP contribution in [0.15, 0.2) is 18.2 Å². The summed E-state index contributed by atoms with van der Waals surface area (Å²) in [7, 11) is 1.69. The van der Waals surface area contributed by atoms with Crippen LogP contribution in [0, 0.1) is 5.92 Å². The summed E-state index contributed by atoms with van der Waals surface area (Å²) in [4.78, 5) is 0. The Morgan fingerprint density at radius 1 is 1.37 bits per heavy atom. The lowest BCUT2D eigenvalue weighted by molar-refractivity contribution is 0.0196. The van der Waals surface area contributed by atoms with E-state index in [1.165, 1.54) is 11.1 Å². The van der Waals surface area contributed by atoms with Gasteiger partial charge in [0.25, 0.3) is 0 Å². The van der Waals surface area contributed by atoms with Gasteiger partial charge in [0.2, 0.25) is 0 Å². The lowest BCUT2D eigenvalue weighted by atomic mass is 9.86. The highest BCUT2D eigenvalue weighted by Crippen LogP contribution is 2.32. The van der Waals surface area contributed by atoms with Crippen molar-refractivity contribution in [2.45, 2.75) is 45.3 Å². The zero-order valence-corrected chi connectivity index (χ0v) is 12.2. The molecule has 0 aliphatic heterocycles. The quantitative estimate of drug-likeness (QED) is 0.888. The molecule has 19 heavy (non-hydrogen) atoms. The molecule has 0 aromatic heterocycles. The van der Waals surface area contributed by atoms with Gasteiger partial charge in [-0.2, -0.15) is 0 Å². The lowest BCUT2D eigenvalue weighted by Gasteiger charge is -2.31. The first-order chi connectivity index (χ1) is 9.11. The number of hydrogen-bond acceptors (Lipinski definition) is 3. The van der Waals surface area contributed by atoms with Crippen molar-refractivity contribution >= 4 is 0 Å². The molecule has 106 valence electrons. The highest BCUT2D eigenvalue weighted by molar-refractivity contribution is 5.39. The number of hydrogen-bond donors (Lipinski definition) is 1. The van der Waals surface area contributed by atoms with E-state index in [-0.39, 0.29) is 12.1 Å². The summed E-state index contributed by atoms with van der Waals surface area (Å²) in [5, 5.41) is 0. The van der Waals surface area contributed by atoms with Crippen LogP contribution < -0.4 is 10.5 Å². The predicted molar refractivity (Wildman–Crippen MR) is 77.4 cm³/mol. The highest BCUT2D eigenvalue weighted by atomic mass is 16.5. The Balaban J connectivity index is 2.03. The van der Waals surface area contributed by atoms with Crippen LogP contribution in [0.3, 0.4) is 0 Å². The maximum Gasteiger partial charge on any atom is 0.119 e. The zero-order valence-electron chi connectivity index (χ0n) is 12.2. The van der Waals surface area contributed by atoms with Crippen LogP contribution in [0.2, 0.25) is 0 Å². The molecule has 2 N–H and O–H groups in total. The molecule has 1 aliphatic rings. The molecular formula is C16H25NO2. The van der Waals surface area contributed by atoms with Crippen molar-refractivity contribution in [2.75, 3.05) is 13.7 Å². The maximum atomic E-state index is 6.35. The number of rotatable bonds is 5. The molecule has 2 unspecified atom stereocenters. The average Bonchev–Trinajstić information content (AvgIpc) is 2.41. The summed E-state index contributed by atoms with van der Waals surface area (Å²) in [5.74, 6) is 1.55. The first-order valence-electron chi connectivity index (χ1n) is 7.15. The SMILES string of the molecule is COc1ccc2c(c1)C(N)C(OCCC(C)C)CC2. The first kappa shape index (κ1) is 14.4. The van der Waals surface area contributed by atoms with Crippen molar-refractivity contribution in [3.8, 4) is 5.75 Å². The molecule has 1 aromatic rings. The number of benzene rings is 1. The highest BCUT2D eigenvalue weighted by Gasteiger charge is 2.27. The van der Waals surface area contributed by atoms with Gasteiger partial charge < -0.3 is 15.2 Å². The van der Waals surface area contributed by atoms with Gasteiger partial charge in [-0.3, -0.25) is 0 Å². The van der Waals surface area contributed by atoms with Crippen molar-refractivity contribution in [1.82, 2.24) is 0 Å². The van der Waals surface area contributed by atoms with Crippen LogP contribution in [-0.2, 0) is 11.2 Å². The van der Waals surface area contributed by atoms with E-state index in [0.29, 0.717) is 5.92 Å². The molecule has 2 atom stereocenters. The number of ether oxygens (including phenoxy) is 2. The van der Waals surface area contributed by atoms with E-state index in [1.807, 2.05) is 6.07 Å². The third-order valence-corrected chi connectivity index (χ3v) is 3.84. The summed E-state index contributed by atoms with van der Waals surface area (Å²) >= 11 is 0. The van der Waals surface area contributed by atoms with Crippen LogP contribution >= 0.6 is 0 Å². The fourth-order valence-electron chi connectivity index (χ4n) is 2.56. The summed E-state index contributed by atoms with van der Waals surface area (Å²) in [6.45, 7) is 5.23. The molecule has 0 amide bonds. The molecule has 0 saturated carbocycles. The molecule has 1 aliphatic carbocycles. The van der Waals surface area contributed by atoms with Gasteiger partial charge in [-0.05, 0) is 48.4 Å². The van der Waals surface area contributed by atoms with Crippen molar-refractivity contribution in [3.63, 3.8) is 0 Å². The summed E-state index contributed by atoms with van der Waals surface area (Å²) in [5.41, 5.74) is 8.86. The number of nitrogens with two attached hydrogens (primary N) is 1. The van der Waals surface area contributed by atoms with Gasteiger partial charge in [0.05, 0.1) is 19.3 Å². The smallest absolute Gasteiger partial charge is 0.119 e. The third-order valence-electron chi connectivity index (χ3n) is 3.84. The van der Waals surface area contributed by atoms with Crippen LogP contribution in [0.1, 0.15) is 43.9 Å². The Hall–Kier alpha value is -1.06. The topological polar surface area (TPSA) is 44.5 Å². The van der Waals surface area contributed by atoms with Crippen LogP contribution in [-0.4, -0.2) is 19.8 Å². The molecule has 1 aromatic carbocycles.